The molecule has 0 fully saturated rings. The third kappa shape index (κ3) is 3.96. The van der Waals surface area contributed by atoms with Crippen LogP contribution < -0.4 is 5.32 Å². The fraction of sp³-hybridized carbons (Fsp3) is 0.269. The first-order valence-electron chi connectivity index (χ1n) is 10.8. The topological polar surface area (TPSA) is 71.3 Å². The van der Waals surface area contributed by atoms with E-state index >= 15 is 0 Å². The summed E-state index contributed by atoms with van der Waals surface area (Å²) in [6, 6.07) is 13.8. The predicted octanol–water partition coefficient (Wildman–Crippen LogP) is 5.60. The summed E-state index contributed by atoms with van der Waals surface area (Å²) < 4.78 is 5.73. The minimum Gasteiger partial charge on any atom is -0.334 e. The predicted molar refractivity (Wildman–Crippen MR) is 126 cm³/mol. The van der Waals surface area contributed by atoms with E-state index in [1.54, 1.807) is 11.0 Å². The van der Waals surface area contributed by atoms with E-state index in [0.717, 1.165) is 34.4 Å². The summed E-state index contributed by atoms with van der Waals surface area (Å²) in [7, 11) is 0. The Kier molecular flexibility index (Phi) is 5.95. The molecule has 0 saturated heterocycles. The summed E-state index contributed by atoms with van der Waals surface area (Å²) in [4.78, 5) is 19.2. The minimum atomic E-state index is -0.390. The normalized spacial score (nSPS) is 16.3. The van der Waals surface area contributed by atoms with Gasteiger partial charge in [0.15, 0.2) is 0 Å². The molecular formula is C26H28N4O2. The third-order valence-electron chi connectivity index (χ3n) is 6.05. The number of hydrogen-bond acceptors (Lipinski definition) is 4. The van der Waals surface area contributed by atoms with E-state index in [-0.39, 0.29) is 6.03 Å². The Bertz CT molecular complexity index is 1190. The van der Waals surface area contributed by atoms with E-state index in [4.69, 9.17) is 9.51 Å². The van der Waals surface area contributed by atoms with Gasteiger partial charge < -0.3 is 9.84 Å². The summed E-state index contributed by atoms with van der Waals surface area (Å²) in [5.74, 6) is 0.920. The first-order valence-corrected chi connectivity index (χ1v) is 10.8. The molecule has 1 unspecified atom stereocenters. The van der Waals surface area contributed by atoms with E-state index in [0.29, 0.717) is 18.3 Å². The molecule has 2 heterocycles. The van der Waals surface area contributed by atoms with Crippen molar-refractivity contribution in [3.8, 4) is 11.4 Å². The molecular weight excluding hydrogens is 400 g/mol. The number of rotatable bonds is 6. The van der Waals surface area contributed by atoms with Crippen LogP contribution in [0.25, 0.3) is 17.0 Å². The Morgan fingerprint density at radius 1 is 1.12 bits per heavy atom. The molecule has 1 aliphatic rings. The van der Waals surface area contributed by atoms with E-state index in [1.165, 1.54) is 11.1 Å². The number of nitrogens with one attached hydrogen (secondary N) is 1. The van der Waals surface area contributed by atoms with Gasteiger partial charge in [-0.05, 0) is 49.4 Å². The van der Waals surface area contributed by atoms with Gasteiger partial charge in [0, 0.05) is 17.8 Å². The molecule has 6 nitrogen and oxygen atoms in total. The molecule has 0 aliphatic carbocycles. The number of amides is 2. The van der Waals surface area contributed by atoms with Gasteiger partial charge in [-0.25, -0.2) is 4.79 Å². The second-order valence-corrected chi connectivity index (χ2v) is 8.10. The zero-order chi connectivity index (χ0) is 22.8. The van der Waals surface area contributed by atoms with Crippen LogP contribution in [-0.2, 0) is 6.42 Å². The quantitative estimate of drug-likeness (QED) is 0.519. The molecule has 1 aliphatic heterocycles. The Morgan fingerprint density at radius 3 is 2.53 bits per heavy atom. The van der Waals surface area contributed by atoms with Crippen molar-refractivity contribution >= 4 is 11.6 Å². The van der Waals surface area contributed by atoms with E-state index in [9.17, 15) is 4.79 Å². The van der Waals surface area contributed by atoms with Crippen LogP contribution >= 0.6 is 0 Å². The Balaban J connectivity index is 1.80. The lowest BCUT2D eigenvalue weighted by atomic mass is 9.92. The van der Waals surface area contributed by atoms with Crippen molar-refractivity contribution in [1.29, 1.82) is 0 Å². The first kappa shape index (κ1) is 21.6. The number of carbonyl (C=O) groups excluding carboxylic acids is 1. The van der Waals surface area contributed by atoms with Gasteiger partial charge in [-0.3, -0.25) is 4.90 Å². The van der Waals surface area contributed by atoms with E-state index in [1.807, 2.05) is 25.1 Å². The van der Waals surface area contributed by atoms with Crippen LogP contribution in [0.5, 0.6) is 0 Å². The summed E-state index contributed by atoms with van der Waals surface area (Å²) >= 11 is 0. The Hall–Kier alpha value is -3.67. The van der Waals surface area contributed by atoms with Gasteiger partial charge in [-0.1, -0.05) is 60.6 Å². The molecule has 1 N–H and O–H groups in total. The number of aryl methyl sites for hydroxylation is 3. The van der Waals surface area contributed by atoms with E-state index in [2.05, 4.69) is 62.1 Å². The van der Waals surface area contributed by atoms with Gasteiger partial charge in [0.1, 0.15) is 0 Å². The molecule has 0 saturated carbocycles. The van der Waals surface area contributed by atoms with Crippen LogP contribution in [0.3, 0.4) is 0 Å². The summed E-state index contributed by atoms with van der Waals surface area (Å²) in [5.41, 5.74) is 7.03. The van der Waals surface area contributed by atoms with Crippen molar-refractivity contribution in [2.75, 3.05) is 6.54 Å². The molecule has 0 bridgehead atoms. The van der Waals surface area contributed by atoms with Gasteiger partial charge in [-0.2, -0.15) is 4.98 Å². The van der Waals surface area contributed by atoms with Crippen molar-refractivity contribution in [2.45, 2.75) is 40.2 Å². The third-order valence-corrected chi connectivity index (χ3v) is 6.05. The molecule has 0 radical (unpaired) electrons. The molecule has 3 aromatic rings. The summed E-state index contributed by atoms with van der Waals surface area (Å²) in [6.45, 7) is 12.3. The second-order valence-electron chi connectivity index (χ2n) is 8.10. The highest BCUT2D eigenvalue weighted by Crippen LogP contribution is 2.37. The largest absolute Gasteiger partial charge is 0.334 e. The van der Waals surface area contributed by atoms with Crippen LogP contribution in [0.1, 0.15) is 48.0 Å². The summed E-state index contributed by atoms with van der Waals surface area (Å²) in [5, 5.41) is 7.34. The van der Waals surface area contributed by atoms with Crippen LogP contribution in [0.4, 0.5) is 4.79 Å². The van der Waals surface area contributed by atoms with Gasteiger partial charge >= 0.3 is 6.03 Å². The molecule has 4 rings (SSSR count). The van der Waals surface area contributed by atoms with Crippen LogP contribution in [-0.4, -0.2) is 27.6 Å². The smallest absolute Gasteiger partial charge is 0.322 e. The molecule has 2 amide bonds. The van der Waals surface area contributed by atoms with Gasteiger partial charge in [0.05, 0.1) is 11.6 Å². The monoisotopic (exact) mass is 428 g/mol. The SMILES string of the molecule is C=CCN1C(=O)NC(c2ccc(C)c(C)c2)C(c2nc(-c3ccc(CC)cc3)no2)=C1C. The highest BCUT2D eigenvalue weighted by Gasteiger charge is 2.35. The molecule has 6 heteroatoms. The fourth-order valence-corrected chi connectivity index (χ4v) is 3.94. The summed E-state index contributed by atoms with van der Waals surface area (Å²) in [6.07, 6.45) is 2.67. The van der Waals surface area contributed by atoms with Gasteiger partial charge in [-0.15, -0.1) is 6.58 Å². The van der Waals surface area contributed by atoms with Crippen molar-refractivity contribution in [3.05, 3.63) is 89.0 Å². The minimum absolute atomic E-state index is 0.177. The average molecular weight is 429 g/mol. The van der Waals surface area contributed by atoms with Gasteiger partial charge in [0.25, 0.3) is 5.89 Å². The lowest BCUT2D eigenvalue weighted by Crippen LogP contribution is -2.46. The van der Waals surface area contributed by atoms with Crippen molar-refractivity contribution < 1.29 is 9.32 Å². The van der Waals surface area contributed by atoms with Crippen molar-refractivity contribution in [1.82, 2.24) is 20.4 Å². The zero-order valence-electron chi connectivity index (χ0n) is 19.0. The first-order chi connectivity index (χ1) is 15.4. The van der Waals surface area contributed by atoms with Gasteiger partial charge in [0.2, 0.25) is 5.82 Å². The number of carbonyl (C=O) groups is 1. The van der Waals surface area contributed by atoms with Crippen LogP contribution in [0.15, 0.2) is 65.3 Å². The van der Waals surface area contributed by atoms with Crippen LogP contribution in [0, 0.1) is 13.8 Å². The van der Waals surface area contributed by atoms with Crippen molar-refractivity contribution in [2.24, 2.45) is 0 Å². The van der Waals surface area contributed by atoms with Crippen LogP contribution in [0.2, 0.25) is 0 Å². The number of benzene rings is 2. The molecule has 164 valence electrons. The number of nitrogens with zero attached hydrogens (tertiary/aromatic N) is 3. The Morgan fingerprint density at radius 2 is 1.88 bits per heavy atom. The maximum atomic E-state index is 12.9. The van der Waals surface area contributed by atoms with Crippen molar-refractivity contribution in [3.63, 3.8) is 0 Å². The molecule has 32 heavy (non-hydrogen) atoms. The van der Waals surface area contributed by atoms with E-state index < -0.39 is 6.04 Å². The Labute approximate surface area is 188 Å². The number of urea groups is 1. The highest BCUT2D eigenvalue weighted by atomic mass is 16.5. The fourth-order valence-electron chi connectivity index (χ4n) is 3.94. The lowest BCUT2D eigenvalue weighted by molar-refractivity contribution is 0.209. The highest BCUT2D eigenvalue weighted by molar-refractivity contribution is 5.87. The number of aromatic nitrogens is 2. The molecule has 1 aromatic heterocycles. The number of allylic oxidation sites excluding steroid dienone is 1. The lowest BCUT2D eigenvalue weighted by Gasteiger charge is -2.34. The maximum absolute atomic E-state index is 12.9. The average Bonchev–Trinajstić information content (AvgIpc) is 3.28. The molecule has 2 aromatic carbocycles. The zero-order valence-corrected chi connectivity index (χ0v) is 19.0. The molecule has 1 atom stereocenters. The molecule has 0 spiro atoms. The number of hydrogen-bond donors (Lipinski definition) is 1. The standard InChI is InChI=1S/C26H28N4O2/c1-6-14-30-18(5)22(23(27-26(30)31)21-11-8-16(3)17(4)15-21)25-28-24(29-32-25)20-12-9-19(7-2)10-13-20/h6,8-13,15,23H,1,7,14H2,2-5H3,(H,27,31). The second kappa shape index (κ2) is 8.83. The maximum Gasteiger partial charge on any atom is 0.322 e.